The molecule has 3 heteroatoms. The van der Waals surface area contributed by atoms with Crippen LogP contribution in [-0.4, -0.2) is 36.6 Å². The molecule has 0 saturated heterocycles. The van der Waals surface area contributed by atoms with Gasteiger partial charge in [0.25, 0.3) is 0 Å². The minimum Gasteiger partial charge on any atom is -0.396 e. The van der Waals surface area contributed by atoms with Crippen molar-refractivity contribution in [3.05, 3.63) is 12.2 Å². The van der Waals surface area contributed by atoms with E-state index in [1.54, 1.807) is 0 Å². The summed E-state index contributed by atoms with van der Waals surface area (Å²) in [4.78, 5) is 0. The van der Waals surface area contributed by atoms with Crippen molar-refractivity contribution < 1.29 is 14.9 Å². The van der Waals surface area contributed by atoms with E-state index in [1.807, 2.05) is 7.11 Å². The maximum Gasteiger partial charge on any atom is 0.0618 e. The van der Waals surface area contributed by atoms with Crippen LogP contribution in [0.2, 0.25) is 0 Å². The summed E-state index contributed by atoms with van der Waals surface area (Å²) in [6.45, 7) is 17.9. The lowest BCUT2D eigenvalue weighted by molar-refractivity contribution is -0.255. The van der Waals surface area contributed by atoms with Crippen LogP contribution in [0, 0.1) is 56.7 Å². The Hall–Kier alpha value is -0.380. The van der Waals surface area contributed by atoms with Crippen molar-refractivity contribution in [3.8, 4) is 0 Å². The molecule has 5 fully saturated rings. The zero-order chi connectivity index (χ0) is 24.7. The van der Waals surface area contributed by atoms with Gasteiger partial charge in [0, 0.05) is 12.5 Å². The fraction of sp³-hybridized carbons (Fsp3) is 0.935. The predicted octanol–water partition coefficient (Wildman–Crippen LogP) is 6.62. The molecule has 5 saturated carbocycles. The summed E-state index contributed by atoms with van der Waals surface area (Å²) < 4.78 is 5.91. The third-order valence-electron chi connectivity index (χ3n) is 13.8. The Morgan fingerprint density at radius 3 is 2.26 bits per heavy atom. The van der Waals surface area contributed by atoms with E-state index < -0.39 is 0 Å². The van der Waals surface area contributed by atoms with Gasteiger partial charge in [-0.05, 0) is 122 Å². The molecule has 5 aliphatic carbocycles. The van der Waals surface area contributed by atoms with Crippen LogP contribution in [0.1, 0.15) is 98.8 Å². The topological polar surface area (TPSA) is 49.7 Å². The number of hydrogen-bond donors (Lipinski definition) is 2. The Labute approximate surface area is 209 Å². The molecule has 0 bridgehead atoms. The second kappa shape index (κ2) is 8.06. The third kappa shape index (κ3) is 2.99. The summed E-state index contributed by atoms with van der Waals surface area (Å²) in [5, 5.41) is 21.4. The van der Waals surface area contributed by atoms with E-state index >= 15 is 0 Å². The lowest BCUT2D eigenvalue weighted by Crippen LogP contribution is -2.67. The standard InChI is InChI=1S/C31H52O3/c1-20(2)21-10-15-31(19-34-7)17-16-29(5)22(26(21)31)8-9-24-27(3)13-12-25(33)28(4,18-32)23(27)11-14-30(24,29)6/h21-26,32-33H,1,8-19H2,2-7H3/t21?,22?,23-,24?,25+,26?,27+,28+,29-,30-,31-/m1/s1. The van der Waals surface area contributed by atoms with E-state index in [4.69, 9.17) is 4.74 Å². The van der Waals surface area contributed by atoms with Gasteiger partial charge in [0.1, 0.15) is 0 Å². The molecule has 0 aliphatic heterocycles. The number of allylic oxidation sites excluding steroid dienone is 1. The van der Waals surface area contributed by atoms with Crippen molar-refractivity contribution in [2.75, 3.05) is 20.3 Å². The van der Waals surface area contributed by atoms with Crippen molar-refractivity contribution in [2.45, 2.75) is 105 Å². The first-order valence-corrected chi connectivity index (χ1v) is 14.4. The van der Waals surface area contributed by atoms with Crippen molar-refractivity contribution >= 4 is 0 Å². The first-order valence-electron chi connectivity index (χ1n) is 14.4. The Morgan fingerprint density at radius 1 is 0.882 bits per heavy atom. The van der Waals surface area contributed by atoms with Gasteiger partial charge in [0.15, 0.2) is 0 Å². The largest absolute Gasteiger partial charge is 0.396 e. The Bertz CT molecular complexity index is 823. The number of methoxy groups -OCH3 is 1. The van der Waals surface area contributed by atoms with Gasteiger partial charge in [-0.15, -0.1) is 0 Å². The van der Waals surface area contributed by atoms with Crippen LogP contribution >= 0.6 is 0 Å². The first kappa shape index (κ1) is 25.3. The summed E-state index contributed by atoms with van der Waals surface area (Å²) in [7, 11) is 1.91. The smallest absolute Gasteiger partial charge is 0.0618 e. The van der Waals surface area contributed by atoms with E-state index in [1.165, 1.54) is 50.5 Å². The fourth-order valence-electron chi connectivity index (χ4n) is 11.8. The molecular formula is C31H52O3. The van der Waals surface area contributed by atoms with Gasteiger partial charge in [-0.2, -0.15) is 0 Å². The number of fused-ring (bicyclic) bond motifs is 7. The molecule has 194 valence electrons. The third-order valence-corrected chi connectivity index (χ3v) is 13.8. The van der Waals surface area contributed by atoms with Crippen molar-refractivity contribution in [3.63, 3.8) is 0 Å². The molecule has 34 heavy (non-hydrogen) atoms. The number of aliphatic hydroxyl groups excluding tert-OH is 2. The molecule has 5 aliphatic rings. The molecule has 0 amide bonds. The van der Waals surface area contributed by atoms with Gasteiger partial charge in [-0.1, -0.05) is 39.8 Å². The van der Waals surface area contributed by atoms with E-state index in [0.29, 0.717) is 39.9 Å². The highest BCUT2D eigenvalue weighted by atomic mass is 16.5. The number of hydrogen-bond acceptors (Lipinski definition) is 3. The van der Waals surface area contributed by atoms with Gasteiger partial charge < -0.3 is 14.9 Å². The zero-order valence-corrected chi connectivity index (χ0v) is 23.0. The molecule has 11 atom stereocenters. The number of aliphatic hydroxyl groups is 2. The maximum absolute atomic E-state index is 11.0. The molecule has 0 radical (unpaired) electrons. The lowest BCUT2D eigenvalue weighted by atomic mass is 9.32. The molecule has 0 aromatic rings. The van der Waals surface area contributed by atoms with E-state index in [2.05, 4.69) is 41.2 Å². The van der Waals surface area contributed by atoms with Crippen molar-refractivity contribution in [2.24, 2.45) is 56.7 Å². The molecule has 0 aromatic carbocycles. The van der Waals surface area contributed by atoms with E-state index in [-0.39, 0.29) is 23.5 Å². The molecule has 0 heterocycles. The molecule has 0 aromatic heterocycles. The van der Waals surface area contributed by atoms with Crippen LogP contribution in [0.5, 0.6) is 0 Å². The Balaban J connectivity index is 1.54. The van der Waals surface area contributed by atoms with Crippen LogP contribution < -0.4 is 0 Å². The normalized spacial score (nSPS) is 56.7. The van der Waals surface area contributed by atoms with Crippen LogP contribution in [0.15, 0.2) is 12.2 Å². The van der Waals surface area contributed by atoms with Gasteiger partial charge in [-0.3, -0.25) is 0 Å². The lowest BCUT2D eigenvalue weighted by Gasteiger charge is -2.73. The fourth-order valence-corrected chi connectivity index (χ4v) is 11.8. The van der Waals surface area contributed by atoms with Crippen LogP contribution in [-0.2, 0) is 4.74 Å². The van der Waals surface area contributed by atoms with Crippen LogP contribution in [0.25, 0.3) is 0 Å². The minimum atomic E-state index is -0.369. The average Bonchev–Trinajstić information content (AvgIpc) is 3.17. The van der Waals surface area contributed by atoms with Crippen molar-refractivity contribution in [1.29, 1.82) is 0 Å². The molecular weight excluding hydrogens is 420 g/mol. The quantitative estimate of drug-likeness (QED) is 0.452. The molecule has 2 N–H and O–H groups in total. The highest BCUT2D eigenvalue weighted by Crippen LogP contribution is 2.77. The minimum absolute atomic E-state index is 0.111. The summed E-state index contributed by atoms with van der Waals surface area (Å²) >= 11 is 0. The van der Waals surface area contributed by atoms with E-state index in [9.17, 15) is 10.2 Å². The van der Waals surface area contributed by atoms with Gasteiger partial charge in [0.05, 0.1) is 19.3 Å². The van der Waals surface area contributed by atoms with Gasteiger partial charge in [0.2, 0.25) is 0 Å². The summed E-state index contributed by atoms with van der Waals surface area (Å²) in [6.07, 6.45) is 11.9. The van der Waals surface area contributed by atoms with E-state index in [0.717, 1.165) is 31.8 Å². The first-order chi connectivity index (χ1) is 15.9. The Morgan fingerprint density at radius 2 is 1.62 bits per heavy atom. The van der Waals surface area contributed by atoms with Gasteiger partial charge in [-0.25, -0.2) is 0 Å². The maximum atomic E-state index is 11.0. The monoisotopic (exact) mass is 472 g/mol. The van der Waals surface area contributed by atoms with Crippen LogP contribution in [0.3, 0.4) is 0 Å². The SMILES string of the molecule is C=C(C)C1CC[C@]2(COC)CC[C@]3(C)C(CCC4[C@@]5(C)CC[C@H](O)[C@@](C)(CO)[C@@H]5CC[C@]43C)C12. The highest BCUT2D eigenvalue weighted by molar-refractivity contribution is 5.21. The second-order valence-corrected chi connectivity index (χ2v) is 14.7. The van der Waals surface area contributed by atoms with Gasteiger partial charge >= 0.3 is 0 Å². The highest BCUT2D eigenvalue weighted by Gasteiger charge is 2.71. The second-order valence-electron chi connectivity index (χ2n) is 14.7. The number of rotatable bonds is 4. The Kier molecular flexibility index (Phi) is 5.99. The molecule has 3 nitrogen and oxygen atoms in total. The number of ether oxygens (including phenoxy) is 1. The molecule has 5 rings (SSSR count). The summed E-state index contributed by atoms with van der Waals surface area (Å²) in [6, 6.07) is 0. The zero-order valence-electron chi connectivity index (χ0n) is 23.0. The van der Waals surface area contributed by atoms with Crippen molar-refractivity contribution in [1.82, 2.24) is 0 Å². The summed E-state index contributed by atoms with van der Waals surface area (Å²) in [5.74, 6) is 3.20. The molecule has 0 spiro atoms. The van der Waals surface area contributed by atoms with Crippen LogP contribution in [0.4, 0.5) is 0 Å². The molecule has 4 unspecified atom stereocenters. The average molecular weight is 473 g/mol. The predicted molar refractivity (Wildman–Crippen MR) is 138 cm³/mol. The summed E-state index contributed by atoms with van der Waals surface area (Å²) in [5.41, 5.74) is 2.26.